The summed E-state index contributed by atoms with van der Waals surface area (Å²) in [6.07, 6.45) is 2.13. The van der Waals surface area contributed by atoms with Crippen LogP contribution in [0.5, 0.6) is 0 Å². The number of nitrogens with one attached hydrogen (secondary N) is 1. The zero-order valence-electron chi connectivity index (χ0n) is 14.4. The third-order valence-corrected chi connectivity index (χ3v) is 6.55. The molecule has 1 aliphatic carbocycles. The van der Waals surface area contributed by atoms with Gasteiger partial charge in [0.1, 0.15) is 5.54 Å². The van der Waals surface area contributed by atoms with Gasteiger partial charge in [-0.2, -0.15) is 4.31 Å². The molecule has 0 radical (unpaired) electrons. The van der Waals surface area contributed by atoms with Gasteiger partial charge in [-0.1, -0.05) is 25.1 Å². The summed E-state index contributed by atoms with van der Waals surface area (Å²) < 4.78 is 25.8. The SMILES string of the molecule is CC1CCC(NC(=O)CN(C)S(=O)(=O)c2ccccc2)(C(=O)O)CC1. The summed E-state index contributed by atoms with van der Waals surface area (Å²) in [5.41, 5.74) is -1.30. The van der Waals surface area contributed by atoms with Gasteiger partial charge >= 0.3 is 5.97 Å². The van der Waals surface area contributed by atoms with Gasteiger partial charge in [-0.15, -0.1) is 0 Å². The highest BCUT2D eigenvalue weighted by atomic mass is 32.2. The quantitative estimate of drug-likeness (QED) is 0.791. The fourth-order valence-corrected chi connectivity index (χ4v) is 4.16. The molecule has 1 aliphatic rings. The Morgan fingerprint density at radius 3 is 2.32 bits per heavy atom. The van der Waals surface area contributed by atoms with Crippen molar-refractivity contribution >= 4 is 21.9 Å². The van der Waals surface area contributed by atoms with Gasteiger partial charge in [0.2, 0.25) is 15.9 Å². The van der Waals surface area contributed by atoms with E-state index in [0.717, 1.165) is 4.31 Å². The smallest absolute Gasteiger partial charge is 0.329 e. The number of sulfonamides is 1. The number of rotatable bonds is 6. The van der Waals surface area contributed by atoms with Crippen molar-refractivity contribution in [3.63, 3.8) is 0 Å². The molecule has 0 unspecified atom stereocenters. The van der Waals surface area contributed by atoms with Crippen LogP contribution in [0.25, 0.3) is 0 Å². The molecule has 138 valence electrons. The predicted octanol–water partition coefficient (Wildman–Crippen LogP) is 1.46. The Morgan fingerprint density at radius 2 is 1.80 bits per heavy atom. The molecule has 0 bridgehead atoms. The number of carboxylic acid groups (broad SMARTS) is 1. The minimum absolute atomic E-state index is 0.0877. The van der Waals surface area contributed by atoms with Crippen molar-refractivity contribution in [1.29, 1.82) is 0 Å². The molecular formula is C17H24N2O5S. The minimum atomic E-state index is -3.80. The van der Waals surface area contributed by atoms with Crippen LogP contribution < -0.4 is 5.32 Å². The first-order chi connectivity index (χ1) is 11.7. The molecule has 2 N–H and O–H groups in total. The maximum absolute atomic E-state index is 12.4. The van der Waals surface area contributed by atoms with E-state index >= 15 is 0 Å². The Kier molecular flexibility index (Phi) is 5.84. The van der Waals surface area contributed by atoms with Crippen molar-refractivity contribution < 1.29 is 23.1 Å². The highest BCUT2D eigenvalue weighted by Crippen LogP contribution is 2.32. The monoisotopic (exact) mass is 368 g/mol. The number of carboxylic acids is 1. The molecule has 1 aromatic carbocycles. The van der Waals surface area contributed by atoms with Crippen LogP contribution in [0.3, 0.4) is 0 Å². The van der Waals surface area contributed by atoms with Gasteiger partial charge in [0.15, 0.2) is 0 Å². The fourth-order valence-electron chi connectivity index (χ4n) is 3.01. The van der Waals surface area contributed by atoms with Gasteiger partial charge in [-0.3, -0.25) is 4.79 Å². The number of nitrogens with zero attached hydrogens (tertiary/aromatic N) is 1. The Morgan fingerprint density at radius 1 is 1.24 bits per heavy atom. The normalized spacial score (nSPS) is 24.0. The van der Waals surface area contributed by atoms with E-state index in [2.05, 4.69) is 5.32 Å². The Hall–Kier alpha value is -1.93. The zero-order valence-corrected chi connectivity index (χ0v) is 15.3. The second-order valence-corrected chi connectivity index (χ2v) is 8.74. The molecule has 0 heterocycles. The van der Waals surface area contributed by atoms with Crippen LogP contribution in [0.2, 0.25) is 0 Å². The number of hydrogen-bond acceptors (Lipinski definition) is 4. The molecule has 0 aliphatic heterocycles. The molecule has 1 aromatic rings. The van der Waals surface area contributed by atoms with E-state index in [0.29, 0.717) is 31.6 Å². The van der Waals surface area contributed by atoms with Crippen molar-refractivity contribution in [2.75, 3.05) is 13.6 Å². The topological polar surface area (TPSA) is 104 Å². The van der Waals surface area contributed by atoms with Crippen LogP contribution in [-0.4, -0.2) is 48.8 Å². The van der Waals surface area contributed by atoms with Crippen LogP contribution >= 0.6 is 0 Å². The summed E-state index contributed by atoms with van der Waals surface area (Å²) in [6, 6.07) is 7.80. The third kappa shape index (κ3) is 4.38. The highest BCUT2D eigenvalue weighted by Gasteiger charge is 2.42. The van der Waals surface area contributed by atoms with Gasteiger partial charge < -0.3 is 10.4 Å². The molecular weight excluding hydrogens is 344 g/mol. The maximum Gasteiger partial charge on any atom is 0.329 e. The number of benzene rings is 1. The molecule has 2 rings (SSSR count). The summed E-state index contributed by atoms with van der Waals surface area (Å²) in [6.45, 7) is 1.62. The van der Waals surface area contributed by atoms with Crippen LogP contribution in [-0.2, 0) is 19.6 Å². The maximum atomic E-state index is 12.4. The summed E-state index contributed by atoms with van der Waals surface area (Å²) in [7, 11) is -2.49. The Balaban J connectivity index is 2.07. The van der Waals surface area contributed by atoms with Crippen molar-refractivity contribution in [3.05, 3.63) is 30.3 Å². The lowest BCUT2D eigenvalue weighted by atomic mass is 9.77. The number of carbonyl (C=O) groups excluding carboxylic acids is 1. The number of aliphatic carboxylic acids is 1. The molecule has 0 aromatic heterocycles. The first-order valence-electron chi connectivity index (χ1n) is 8.23. The average Bonchev–Trinajstić information content (AvgIpc) is 2.57. The summed E-state index contributed by atoms with van der Waals surface area (Å²) in [4.78, 5) is 24.1. The molecule has 1 amide bonds. The molecule has 8 heteroatoms. The van der Waals surface area contributed by atoms with Crippen molar-refractivity contribution in [2.24, 2.45) is 5.92 Å². The lowest BCUT2D eigenvalue weighted by Gasteiger charge is -2.36. The first-order valence-corrected chi connectivity index (χ1v) is 9.67. The zero-order chi connectivity index (χ0) is 18.7. The van der Waals surface area contributed by atoms with Gasteiger partial charge in [0, 0.05) is 7.05 Å². The third-order valence-electron chi connectivity index (χ3n) is 4.73. The summed E-state index contributed by atoms with van der Waals surface area (Å²) in [5.74, 6) is -1.26. The largest absolute Gasteiger partial charge is 0.480 e. The first kappa shape index (κ1) is 19.4. The number of amides is 1. The number of hydrogen-bond donors (Lipinski definition) is 2. The van der Waals surface area contributed by atoms with Crippen LogP contribution in [0.4, 0.5) is 0 Å². The lowest BCUT2D eigenvalue weighted by molar-refractivity contribution is -0.149. The van der Waals surface area contributed by atoms with E-state index in [4.69, 9.17) is 0 Å². The van der Waals surface area contributed by atoms with E-state index in [9.17, 15) is 23.1 Å². The minimum Gasteiger partial charge on any atom is -0.480 e. The van der Waals surface area contributed by atoms with Crippen molar-refractivity contribution in [1.82, 2.24) is 9.62 Å². The van der Waals surface area contributed by atoms with Gasteiger partial charge in [0.05, 0.1) is 11.4 Å². The van der Waals surface area contributed by atoms with E-state index in [-0.39, 0.29) is 4.90 Å². The molecule has 0 atom stereocenters. The number of carbonyl (C=O) groups is 2. The van der Waals surface area contributed by atoms with Gasteiger partial charge in [-0.05, 0) is 43.7 Å². The van der Waals surface area contributed by atoms with Gasteiger partial charge in [-0.25, -0.2) is 13.2 Å². The molecule has 0 saturated heterocycles. The van der Waals surface area contributed by atoms with E-state index in [1.165, 1.54) is 19.2 Å². The molecule has 1 saturated carbocycles. The van der Waals surface area contributed by atoms with E-state index in [1.807, 2.05) is 6.92 Å². The lowest BCUT2D eigenvalue weighted by Crippen LogP contribution is -2.58. The molecule has 25 heavy (non-hydrogen) atoms. The molecule has 1 fully saturated rings. The van der Waals surface area contributed by atoms with Crippen LogP contribution in [0, 0.1) is 5.92 Å². The van der Waals surface area contributed by atoms with Gasteiger partial charge in [0.25, 0.3) is 0 Å². The standard InChI is InChI=1S/C17H24N2O5S/c1-13-8-10-17(11-9-13,16(21)22)18-15(20)12-19(2)25(23,24)14-6-4-3-5-7-14/h3-7,13H,8-12H2,1-2H3,(H,18,20)(H,21,22). The average molecular weight is 368 g/mol. The fraction of sp³-hybridized carbons (Fsp3) is 0.529. The Labute approximate surface area is 148 Å². The van der Waals surface area contributed by atoms with Crippen LogP contribution in [0.1, 0.15) is 32.6 Å². The molecule has 0 spiro atoms. The van der Waals surface area contributed by atoms with E-state index < -0.39 is 34.0 Å². The Bertz CT molecular complexity index is 725. The molecule has 7 nitrogen and oxygen atoms in total. The second kappa shape index (κ2) is 7.53. The summed E-state index contributed by atoms with van der Waals surface area (Å²) >= 11 is 0. The van der Waals surface area contributed by atoms with Crippen molar-refractivity contribution in [2.45, 2.75) is 43.0 Å². The predicted molar refractivity (Wildman–Crippen MR) is 92.4 cm³/mol. The highest BCUT2D eigenvalue weighted by molar-refractivity contribution is 7.89. The number of likely N-dealkylation sites (N-methyl/N-ethyl adjacent to an activating group) is 1. The van der Waals surface area contributed by atoms with Crippen LogP contribution in [0.15, 0.2) is 35.2 Å². The second-order valence-electron chi connectivity index (χ2n) is 6.69. The van der Waals surface area contributed by atoms with E-state index in [1.54, 1.807) is 18.2 Å². The summed E-state index contributed by atoms with van der Waals surface area (Å²) in [5, 5.41) is 12.1. The van der Waals surface area contributed by atoms with Crippen molar-refractivity contribution in [3.8, 4) is 0 Å².